The van der Waals surface area contributed by atoms with Crippen LogP contribution in [0, 0.1) is 0 Å². The molecule has 0 saturated heterocycles. The summed E-state index contributed by atoms with van der Waals surface area (Å²) in [6.45, 7) is 2.25. The third-order valence-electron chi connectivity index (χ3n) is 3.61. The summed E-state index contributed by atoms with van der Waals surface area (Å²) < 4.78 is 1.47. The van der Waals surface area contributed by atoms with Gasteiger partial charge in [0.25, 0.3) is 0 Å². The second-order valence-electron chi connectivity index (χ2n) is 5.26. The monoisotopic (exact) mass is 336 g/mol. The number of thiophene rings is 1. The van der Waals surface area contributed by atoms with E-state index in [-0.39, 0.29) is 6.04 Å². The van der Waals surface area contributed by atoms with Gasteiger partial charge in [0, 0.05) is 11.6 Å². The van der Waals surface area contributed by atoms with Gasteiger partial charge in [0.1, 0.15) is 0 Å². The number of hydrogen-bond acceptors (Lipinski definition) is 3. The van der Waals surface area contributed by atoms with Crippen molar-refractivity contribution in [3.8, 4) is 0 Å². The normalized spacial score (nSPS) is 12.8. The minimum atomic E-state index is 0.117. The number of nitrogens with two attached hydrogens (primary N) is 1. The van der Waals surface area contributed by atoms with Crippen molar-refractivity contribution in [2.45, 2.75) is 70.8 Å². The first-order valence-electron chi connectivity index (χ1n) is 7.59. The van der Waals surface area contributed by atoms with Gasteiger partial charge in [-0.15, -0.1) is 11.3 Å². The van der Waals surface area contributed by atoms with Crippen LogP contribution in [0.4, 0.5) is 0 Å². The minimum Gasteiger partial charge on any atom is -0.271 e. The Balaban J connectivity index is 2.17. The first-order valence-corrected chi connectivity index (χ1v) is 9.17. The average Bonchev–Trinajstić information content (AvgIpc) is 2.76. The molecule has 0 bridgehead atoms. The summed E-state index contributed by atoms with van der Waals surface area (Å²) >= 11 is 13.5. The fraction of sp³-hybridized carbons (Fsp3) is 0.733. The topological polar surface area (TPSA) is 38.0 Å². The van der Waals surface area contributed by atoms with E-state index in [1.54, 1.807) is 0 Å². The number of nitrogens with one attached hydrogen (secondary N) is 1. The summed E-state index contributed by atoms with van der Waals surface area (Å²) in [5.41, 5.74) is 3.89. The van der Waals surface area contributed by atoms with Crippen LogP contribution in [0.1, 0.15) is 76.3 Å². The Morgan fingerprint density at radius 1 is 1.10 bits per heavy atom. The largest absolute Gasteiger partial charge is 0.271 e. The van der Waals surface area contributed by atoms with Gasteiger partial charge in [-0.1, -0.05) is 81.5 Å². The molecule has 2 nitrogen and oxygen atoms in total. The van der Waals surface area contributed by atoms with Gasteiger partial charge in [0.15, 0.2) is 0 Å². The third kappa shape index (κ3) is 6.77. The molecule has 0 aliphatic carbocycles. The second-order valence-corrected chi connectivity index (χ2v) is 7.55. The van der Waals surface area contributed by atoms with Crippen molar-refractivity contribution < 1.29 is 0 Å². The number of halogens is 2. The van der Waals surface area contributed by atoms with Crippen molar-refractivity contribution in [3.05, 3.63) is 20.3 Å². The number of hydrazine groups is 1. The summed E-state index contributed by atoms with van der Waals surface area (Å²) in [5, 5.41) is 0. The van der Waals surface area contributed by atoms with Crippen LogP contribution in [0.3, 0.4) is 0 Å². The van der Waals surface area contributed by atoms with Crippen LogP contribution in [0.5, 0.6) is 0 Å². The molecule has 0 aliphatic rings. The Hall–Kier alpha value is 0.200. The highest BCUT2D eigenvalue weighted by atomic mass is 35.5. The van der Waals surface area contributed by atoms with Crippen LogP contribution in [0.15, 0.2) is 6.07 Å². The Kier molecular flexibility index (Phi) is 9.91. The Morgan fingerprint density at radius 3 is 2.20 bits per heavy atom. The predicted octanol–water partition coefficient (Wildman–Crippen LogP) is 6.09. The van der Waals surface area contributed by atoms with Crippen LogP contribution in [0.2, 0.25) is 8.67 Å². The van der Waals surface area contributed by atoms with E-state index >= 15 is 0 Å². The second kappa shape index (κ2) is 10.9. The van der Waals surface area contributed by atoms with E-state index in [9.17, 15) is 0 Å². The minimum absolute atomic E-state index is 0.117. The van der Waals surface area contributed by atoms with Gasteiger partial charge >= 0.3 is 0 Å². The quantitative estimate of drug-likeness (QED) is 0.291. The maximum atomic E-state index is 6.17. The summed E-state index contributed by atoms with van der Waals surface area (Å²) in [5.74, 6) is 5.63. The standard InChI is InChI=1S/C15H26Cl2N2S/c1-2-3-4-5-6-7-8-9-10-13(19-18)12-11-14(16)20-15(12)17/h11,13,19H,2-10,18H2,1H3. The zero-order valence-corrected chi connectivity index (χ0v) is 14.6. The van der Waals surface area contributed by atoms with Crippen molar-refractivity contribution in [2.75, 3.05) is 0 Å². The highest BCUT2D eigenvalue weighted by molar-refractivity contribution is 7.20. The lowest BCUT2D eigenvalue weighted by atomic mass is 10.0. The van der Waals surface area contributed by atoms with E-state index in [1.807, 2.05) is 6.07 Å². The zero-order chi connectivity index (χ0) is 14.8. The van der Waals surface area contributed by atoms with Crippen molar-refractivity contribution in [1.29, 1.82) is 0 Å². The molecule has 0 saturated carbocycles. The molecule has 20 heavy (non-hydrogen) atoms. The molecule has 3 N–H and O–H groups in total. The van der Waals surface area contributed by atoms with Crippen LogP contribution in [-0.4, -0.2) is 0 Å². The molecule has 0 aromatic carbocycles. The predicted molar refractivity (Wildman–Crippen MR) is 91.6 cm³/mol. The Bertz CT molecular complexity index is 369. The highest BCUT2D eigenvalue weighted by Gasteiger charge is 2.15. The van der Waals surface area contributed by atoms with Crippen molar-refractivity contribution in [3.63, 3.8) is 0 Å². The SMILES string of the molecule is CCCCCCCCCCC(NN)c1cc(Cl)sc1Cl. The number of unbranched alkanes of at least 4 members (excludes halogenated alkanes) is 7. The molecular formula is C15H26Cl2N2S. The van der Waals surface area contributed by atoms with Crippen molar-refractivity contribution in [2.24, 2.45) is 5.84 Å². The fourth-order valence-corrected chi connectivity index (χ4v) is 3.98. The molecule has 1 aromatic heterocycles. The van der Waals surface area contributed by atoms with E-state index < -0.39 is 0 Å². The summed E-state index contributed by atoms with van der Waals surface area (Å²) in [4.78, 5) is 0. The lowest BCUT2D eigenvalue weighted by molar-refractivity contribution is 0.476. The molecule has 1 aromatic rings. The van der Waals surface area contributed by atoms with Gasteiger partial charge in [0.05, 0.1) is 8.67 Å². The average molecular weight is 337 g/mol. The van der Waals surface area contributed by atoms with Crippen molar-refractivity contribution in [1.82, 2.24) is 5.43 Å². The van der Waals surface area contributed by atoms with Gasteiger partial charge in [-0.25, -0.2) is 0 Å². The Labute approximate surface area is 137 Å². The van der Waals surface area contributed by atoms with E-state index in [2.05, 4.69) is 12.3 Å². The van der Waals surface area contributed by atoms with Gasteiger partial charge in [-0.3, -0.25) is 11.3 Å². The molecule has 0 radical (unpaired) electrons. The molecule has 0 aliphatic heterocycles. The molecule has 1 atom stereocenters. The summed E-state index contributed by atoms with van der Waals surface area (Å²) in [7, 11) is 0. The summed E-state index contributed by atoms with van der Waals surface area (Å²) in [6, 6.07) is 2.04. The smallest absolute Gasteiger partial charge is 0.0992 e. The molecule has 0 amide bonds. The molecule has 0 fully saturated rings. The maximum Gasteiger partial charge on any atom is 0.0992 e. The molecular weight excluding hydrogens is 311 g/mol. The van der Waals surface area contributed by atoms with Gasteiger partial charge in [0.2, 0.25) is 0 Å². The fourth-order valence-electron chi connectivity index (χ4n) is 2.40. The van der Waals surface area contributed by atoms with Gasteiger partial charge in [-0.2, -0.15) is 0 Å². The van der Waals surface area contributed by atoms with Crippen LogP contribution in [-0.2, 0) is 0 Å². The van der Waals surface area contributed by atoms with E-state index in [0.29, 0.717) is 0 Å². The maximum absolute atomic E-state index is 6.17. The molecule has 1 heterocycles. The van der Waals surface area contributed by atoms with Gasteiger partial charge < -0.3 is 0 Å². The summed E-state index contributed by atoms with van der Waals surface area (Å²) in [6.07, 6.45) is 11.6. The lowest BCUT2D eigenvalue weighted by Crippen LogP contribution is -2.27. The number of rotatable bonds is 11. The highest BCUT2D eigenvalue weighted by Crippen LogP contribution is 2.36. The third-order valence-corrected chi connectivity index (χ3v) is 5.12. The molecule has 1 unspecified atom stereocenters. The Morgan fingerprint density at radius 2 is 1.70 bits per heavy atom. The first-order chi connectivity index (χ1) is 9.69. The van der Waals surface area contributed by atoms with Crippen LogP contribution in [0.25, 0.3) is 0 Å². The van der Waals surface area contributed by atoms with E-state index in [1.165, 1.54) is 62.7 Å². The van der Waals surface area contributed by atoms with E-state index in [4.69, 9.17) is 29.0 Å². The molecule has 116 valence electrons. The van der Waals surface area contributed by atoms with Crippen molar-refractivity contribution >= 4 is 34.5 Å². The lowest BCUT2D eigenvalue weighted by Gasteiger charge is -2.15. The van der Waals surface area contributed by atoms with E-state index in [0.717, 1.165) is 20.7 Å². The zero-order valence-electron chi connectivity index (χ0n) is 12.3. The van der Waals surface area contributed by atoms with Crippen LogP contribution >= 0.6 is 34.5 Å². The van der Waals surface area contributed by atoms with Gasteiger partial charge in [-0.05, 0) is 12.5 Å². The molecule has 5 heteroatoms. The first kappa shape index (κ1) is 18.2. The molecule has 1 rings (SSSR count). The molecule has 0 spiro atoms. The number of hydrogen-bond donors (Lipinski definition) is 2. The van der Waals surface area contributed by atoms with Crippen LogP contribution < -0.4 is 11.3 Å².